The lowest BCUT2D eigenvalue weighted by atomic mass is 10.6. The molecule has 0 saturated heterocycles. The summed E-state index contributed by atoms with van der Waals surface area (Å²) in [5.74, 6) is 2.37. The average molecular weight is 129 g/mol. The van der Waals surface area contributed by atoms with Crippen molar-refractivity contribution >= 4 is 7.80 Å². The van der Waals surface area contributed by atoms with Crippen LogP contribution in [0.25, 0.3) is 0 Å². The Morgan fingerprint density at radius 1 is 1.75 bits per heavy atom. The smallest absolute Gasteiger partial charge is 0.0840 e. The maximum absolute atomic E-state index is 10.6. The van der Waals surface area contributed by atoms with Gasteiger partial charge in [-0.05, 0) is 6.42 Å². The van der Waals surface area contributed by atoms with Gasteiger partial charge in [0.05, 0.1) is 14.0 Å². The predicted molar refractivity (Wildman–Crippen MR) is 36.5 cm³/mol. The van der Waals surface area contributed by atoms with Crippen LogP contribution in [0.2, 0.25) is 0 Å². The zero-order valence-electron chi connectivity index (χ0n) is 5.05. The molecule has 1 nitrogen and oxygen atoms in total. The summed E-state index contributed by atoms with van der Waals surface area (Å²) in [6.45, 7) is 2.00. The third-order valence-electron chi connectivity index (χ3n) is 0.741. The maximum atomic E-state index is 10.6. The van der Waals surface area contributed by atoms with Gasteiger partial charge < -0.3 is 0 Å². The zero-order chi connectivity index (χ0) is 6.41. The molecule has 0 heterocycles. The van der Waals surface area contributed by atoms with Crippen LogP contribution in [0.4, 0.5) is 0 Å². The molecule has 0 N–H and O–H groups in total. The quantitative estimate of drug-likeness (QED) is 0.420. The molecular formula is C6H10OP. The van der Waals surface area contributed by atoms with Gasteiger partial charge >= 0.3 is 0 Å². The highest BCUT2D eigenvalue weighted by atomic mass is 31.1. The average Bonchev–Trinajstić information content (AvgIpc) is 1.68. The molecule has 0 amide bonds. The first kappa shape index (κ1) is 7.66. The Labute approximate surface area is 51.3 Å². The Morgan fingerprint density at radius 2 is 2.38 bits per heavy atom. The van der Waals surface area contributed by atoms with Crippen LogP contribution in [0, 0.1) is 12.3 Å². The summed E-state index contributed by atoms with van der Waals surface area (Å²) in [6.07, 6.45) is 7.12. The summed E-state index contributed by atoms with van der Waals surface area (Å²) >= 11 is 0. The fourth-order valence-corrected chi connectivity index (χ4v) is 1.29. The van der Waals surface area contributed by atoms with Crippen molar-refractivity contribution in [3.8, 4) is 12.3 Å². The SMILES string of the molecule is C#CC[P](=O)CCC. The first-order valence-electron chi connectivity index (χ1n) is 2.66. The van der Waals surface area contributed by atoms with Crippen molar-refractivity contribution in [3.63, 3.8) is 0 Å². The summed E-state index contributed by atoms with van der Waals surface area (Å²) in [5.41, 5.74) is 0. The summed E-state index contributed by atoms with van der Waals surface area (Å²) in [7, 11) is -1.07. The van der Waals surface area contributed by atoms with E-state index in [0.29, 0.717) is 6.16 Å². The summed E-state index contributed by atoms with van der Waals surface area (Å²) < 4.78 is 10.6. The van der Waals surface area contributed by atoms with E-state index >= 15 is 0 Å². The third kappa shape index (κ3) is 3.84. The minimum atomic E-state index is -1.07. The van der Waals surface area contributed by atoms with E-state index in [9.17, 15) is 4.57 Å². The van der Waals surface area contributed by atoms with Crippen molar-refractivity contribution in [2.75, 3.05) is 12.3 Å². The van der Waals surface area contributed by atoms with E-state index in [4.69, 9.17) is 6.42 Å². The molecule has 1 radical (unpaired) electrons. The molecule has 1 atom stereocenters. The van der Waals surface area contributed by atoms with Crippen LogP contribution >= 0.6 is 7.80 Å². The number of rotatable bonds is 3. The molecule has 0 aliphatic heterocycles. The second-order valence-electron chi connectivity index (χ2n) is 1.57. The number of hydrogen-bond donors (Lipinski definition) is 0. The molecule has 0 rings (SSSR count). The minimum Gasteiger partial charge on any atom is -0.286 e. The highest BCUT2D eigenvalue weighted by molar-refractivity contribution is 7.44. The molecule has 0 fully saturated rings. The van der Waals surface area contributed by atoms with Crippen LogP contribution in [0.3, 0.4) is 0 Å². The Balaban J connectivity index is 3.23. The Kier molecular flexibility index (Phi) is 4.61. The van der Waals surface area contributed by atoms with Crippen LogP contribution in [-0.4, -0.2) is 12.3 Å². The highest BCUT2D eigenvalue weighted by Crippen LogP contribution is 2.18. The van der Waals surface area contributed by atoms with Gasteiger partial charge in [-0.25, -0.2) is 0 Å². The van der Waals surface area contributed by atoms with Crippen molar-refractivity contribution in [3.05, 3.63) is 0 Å². The molecule has 0 aliphatic rings. The predicted octanol–water partition coefficient (Wildman–Crippen LogP) is 1.86. The largest absolute Gasteiger partial charge is 0.286 e. The third-order valence-corrected chi connectivity index (χ3v) is 2.22. The molecule has 0 saturated carbocycles. The van der Waals surface area contributed by atoms with Crippen LogP contribution in [0.5, 0.6) is 0 Å². The van der Waals surface area contributed by atoms with E-state index in [1.54, 1.807) is 0 Å². The van der Waals surface area contributed by atoms with Crippen molar-refractivity contribution < 1.29 is 4.57 Å². The molecular weight excluding hydrogens is 119 g/mol. The molecule has 0 aromatic rings. The van der Waals surface area contributed by atoms with Crippen LogP contribution in [-0.2, 0) is 4.57 Å². The van der Waals surface area contributed by atoms with Gasteiger partial charge in [-0.2, -0.15) is 0 Å². The second kappa shape index (κ2) is 4.81. The first-order chi connectivity index (χ1) is 3.81. The fraction of sp³-hybridized carbons (Fsp3) is 0.667. The lowest BCUT2D eigenvalue weighted by Crippen LogP contribution is -1.75. The van der Waals surface area contributed by atoms with Crippen LogP contribution in [0.1, 0.15) is 13.3 Å². The van der Waals surface area contributed by atoms with Gasteiger partial charge in [0.15, 0.2) is 0 Å². The number of terminal acetylenes is 1. The minimum absolute atomic E-state index is 0.448. The van der Waals surface area contributed by atoms with E-state index in [1.165, 1.54) is 0 Å². The van der Waals surface area contributed by atoms with Gasteiger partial charge in [-0.3, -0.25) is 4.57 Å². The lowest BCUT2D eigenvalue weighted by molar-refractivity contribution is 0.589. The zero-order valence-corrected chi connectivity index (χ0v) is 5.95. The van der Waals surface area contributed by atoms with Crippen molar-refractivity contribution in [2.45, 2.75) is 13.3 Å². The summed E-state index contributed by atoms with van der Waals surface area (Å²) in [5, 5.41) is 0. The van der Waals surface area contributed by atoms with E-state index in [0.717, 1.165) is 12.6 Å². The van der Waals surface area contributed by atoms with E-state index in [1.807, 2.05) is 6.92 Å². The van der Waals surface area contributed by atoms with E-state index < -0.39 is 7.80 Å². The van der Waals surface area contributed by atoms with Gasteiger partial charge in [-0.1, -0.05) is 12.8 Å². The summed E-state index contributed by atoms with van der Waals surface area (Å²) in [4.78, 5) is 0. The molecule has 0 bridgehead atoms. The maximum Gasteiger partial charge on any atom is 0.0840 e. The highest BCUT2D eigenvalue weighted by Gasteiger charge is 1.92. The molecule has 8 heavy (non-hydrogen) atoms. The molecule has 2 heteroatoms. The number of hydrogen-bond acceptors (Lipinski definition) is 1. The lowest BCUT2D eigenvalue weighted by Gasteiger charge is -1.88. The molecule has 1 unspecified atom stereocenters. The van der Waals surface area contributed by atoms with Gasteiger partial charge in [0, 0.05) is 6.16 Å². The van der Waals surface area contributed by atoms with E-state index in [2.05, 4.69) is 5.92 Å². The molecule has 0 aromatic carbocycles. The van der Waals surface area contributed by atoms with Crippen molar-refractivity contribution in [2.24, 2.45) is 0 Å². The van der Waals surface area contributed by atoms with Gasteiger partial charge in [0.2, 0.25) is 0 Å². The van der Waals surface area contributed by atoms with Gasteiger partial charge in [-0.15, -0.1) is 6.42 Å². The molecule has 0 aromatic heterocycles. The monoisotopic (exact) mass is 129 g/mol. The normalized spacial score (nSPS) is 10.2. The van der Waals surface area contributed by atoms with Crippen LogP contribution < -0.4 is 0 Å². The topological polar surface area (TPSA) is 17.1 Å². The Morgan fingerprint density at radius 3 is 2.75 bits per heavy atom. The summed E-state index contributed by atoms with van der Waals surface area (Å²) in [6, 6.07) is 0. The van der Waals surface area contributed by atoms with Gasteiger partial charge in [0.25, 0.3) is 0 Å². The fourth-order valence-electron chi connectivity index (χ4n) is 0.430. The molecule has 0 spiro atoms. The first-order valence-corrected chi connectivity index (χ1v) is 4.29. The molecule has 45 valence electrons. The van der Waals surface area contributed by atoms with Crippen molar-refractivity contribution in [1.29, 1.82) is 0 Å². The van der Waals surface area contributed by atoms with Crippen molar-refractivity contribution in [1.82, 2.24) is 0 Å². The van der Waals surface area contributed by atoms with Gasteiger partial charge in [0.1, 0.15) is 0 Å². The molecule has 0 aliphatic carbocycles. The second-order valence-corrected chi connectivity index (χ2v) is 3.29. The Hall–Kier alpha value is -0.340. The Bertz CT molecular complexity index is 112. The van der Waals surface area contributed by atoms with Crippen LogP contribution in [0.15, 0.2) is 0 Å². The standard InChI is InChI=1S/C6H10OP/c1-3-5-8(7)6-4-2/h1H,4-6H2,2H3. The van der Waals surface area contributed by atoms with E-state index in [-0.39, 0.29) is 0 Å².